The molecule has 1 saturated heterocycles. The van der Waals surface area contributed by atoms with Crippen LogP contribution in [0.5, 0.6) is 5.75 Å². The number of methoxy groups -OCH3 is 1. The van der Waals surface area contributed by atoms with Gasteiger partial charge >= 0.3 is 0 Å². The van der Waals surface area contributed by atoms with Gasteiger partial charge in [0.2, 0.25) is 23.6 Å². The van der Waals surface area contributed by atoms with Gasteiger partial charge in [-0.2, -0.15) is 0 Å². The molecule has 2 aromatic rings. The highest BCUT2D eigenvalue weighted by Crippen LogP contribution is 2.18. The summed E-state index contributed by atoms with van der Waals surface area (Å²) in [5.74, 6) is -1.03. The molecule has 1 aliphatic rings. The van der Waals surface area contributed by atoms with Crippen molar-refractivity contribution >= 4 is 29.5 Å². The topological polar surface area (TPSA) is 159 Å². The number of ether oxygens (including phenoxy) is 1. The lowest BCUT2D eigenvalue weighted by Crippen LogP contribution is -2.57. The first-order valence-corrected chi connectivity index (χ1v) is 15.4. The largest absolute Gasteiger partial charge is 0.497 e. The number of amides is 5. The van der Waals surface area contributed by atoms with Crippen LogP contribution in [0.2, 0.25) is 0 Å². The first-order valence-electron chi connectivity index (χ1n) is 15.4. The number of aryl methyl sites for hydroxylation is 2. The van der Waals surface area contributed by atoms with Gasteiger partial charge in [-0.1, -0.05) is 39.8 Å². The van der Waals surface area contributed by atoms with E-state index in [9.17, 15) is 24.0 Å². The Balaban J connectivity index is 2.00. The Morgan fingerprint density at radius 3 is 2.13 bits per heavy atom. The van der Waals surface area contributed by atoms with Gasteiger partial charge in [-0.15, -0.1) is 0 Å². The highest BCUT2D eigenvalue weighted by atomic mass is 16.5. The average molecular weight is 626 g/mol. The Bertz CT molecular complexity index is 1370. The zero-order valence-electron chi connectivity index (χ0n) is 27.5. The second-order valence-electron chi connectivity index (χ2n) is 12.5. The fourth-order valence-corrected chi connectivity index (χ4v) is 5.18. The minimum Gasteiger partial charge on any atom is -0.497 e. The van der Waals surface area contributed by atoms with E-state index in [1.165, 1.54) is 4.90 Å². The van der Waals surface area contributed by atoms with E-state index in [1.807, 2.05) is 27.7 Å². The molecule has 1 aromatic heterocycles. The molecule has 0 saturated carbocycles. The molecule has 0 radical (unpaired) electrons. The molecule has 12 nitrogen and oxygen atoms in total. The molecule has 0 unspecified atom stereocenters. The van der Waals surface area contributed by atoms with Crippen molar-refractivity contribution in [3.8, 4) is 5.75 Å². The van der Waals surface area contributed by atoms with E-state index >= 15 is 0 Å². The van der Waals surface area contributed by atoms with Crippen LogP contribution in [0.3, 0.4) is 0 Å². The van der Waals surface area contributed by atoms with E-state index in [1.54, 1.807) is 58.2 Å². The Morgan fingerprint density at radius 1 is 0.933 bits per heavy atom. The minimum atomic E-state index is -1.04. The summed E-state index contributed by atoms with van der Waals surface area (Å²) in [7, 11) is 1.55. The van der Waals surface area contributed by atoms with Crippen LogP contribution in [0.15, 0.2) is 34.7 Å². The number of carbonyl (C=O) groups excluding carboxylic acids is 5. The zero-order valence-corrected chi connectivity index (χ0v) is 27.5. The van der Waals surface area contributed by atoms with E-state index in [-0.39, 0.29) is 31.3 Å². The lowest BCUT2D eigenvalue weighted by molar-refractivity contribution is -0.133. The van der Waals surface area contributed by atoms with Gasteiger partial charge in [-0.05, 0) is 62.8 Å². The Morgan fingerprint density at radius 2 is 1.58 bits per heavy atom. The Labute approximate surface area is 265 Å². The van der Waals surface area contributed by atoms with Crippen LogP contribution in [0.4, 0.5) is 0 Å². The van der Waals surface area contributed by atoms with Gasteiger partial charge in [0.25, 0.3) is 5.91 Å². The summed E-state index contributed by atoms with van der Waals surface area (Å²) in [6.07, 6.45) is 0.437. The number of nitrogens with one attached hydrogen (secondary N) is 4. The average Bonchev–Trinajstić information content (AvgIpc) is 3.31. The van der Waals surface area contributed by atoms with Gasteiger partial charge in [-0.25, -0.2) is 0 Å². The molecule has 0 aliphatic carbocycles. The molecule has 4 atom stereocenters. The monoisotopic (exact) mass is 625 g/mol. The fraction of sp³-hybridized carbons (Fsp3) is 0.545. The summed E-state index contributed by atoms with van der Waals surface area (Å²) in [4.78, 5) is 69.1. The second-order valence-corrected chi connectivity index (χ2v) is 12.5. The SMILES string of the molecule is COc1ccc(C[C@@H]2NC(=O)[C@H](CC(C)C)NC(=O)CN(C(=O)c3cc(C)oc3C)C[C@H](C(C)C)NC(=O)[C@@H](C)NC2=O)cc1. The smallest absolute Gasteiger partial charge is 0.257 e. The maximum atomic E-state index is 13.7. The molecule has 45 heavy (non-hydrogen) atoms. The van der Waals surface area contributed by atoms with E-state index < -0.39 is 53.7 Å². The fourth-order valence-electron chi connectivity index (χ4n) is 5.18. The highest BCUT2D eigenvalue weighted by molar-refractivity contribution is 5.99. The predicted molar refractivity (Wildman–Crippen MR) is 168 cm³/mol. The highest BCUT2D eigenvalue weighted by Gasteiger charge is 2.33. The molecule has 3 rings (SSSR count). The molecular formula is C33H47N5O7. The zero-order chi connectivity index (χ0) is 33.4. The van der Waals surface area contributed by atoms with Gasteiger partial charge in [0.05, 0.1) is 19.2 Å². The summed E-state index contributed by atoms with van der Waals surface area (Å²) in [5, 5.41) is 11.3. The molecule has 1 fully saturated rings. The third-order valence-corrected chi connectivity index (χ3v) is 7.79. The number of hydrogen-bond acceptors (Lipinski definition) is 7. The van der Waals surface area contributed by atoms with Crippen LogP contribution in [0, 0.1) is 25.7 Å². The van der Waals surface area contributed by atoms with Crippen LogP contribution in [-0.2, 0) is 25.6 Å². The first-order chi connectivity index (χ1) is 21.2. The minimum absolute atomic E-state index is 0.0150. The number of benzene rings is 1. The lowest BCUT2D eigenvalue weighted by Gasteiger charge is -2.31. The van der Waals surface area contributed by atoms with Gasteiger partial charge < -0.3 is 35.3 Å². The maximum absolute atomic E-state index is 13.7. The van der Waals surface area contributed by atoms with Crippen LogP contribution in [0.1, 0.15) is 68.5 Å². The van der Waals surface area contributed by atoms with Crippen LogP contribution in [-0.4, -0.2) is 78.8 Å². The summed E-state index contributed by atoms with van der Waals surface area (Å²) < 4.78 is 10.8. The van der Waals surface area contributed by atoms with Crippen LogP contribution in [0.25, 0.3) is 0 Å². The standard InChI is InChI=1S/C33H47N5O7/c1-18(2)13-26-32(42)36-27(15-23-9-11-24(44-8)12-10-23)31(41)34-21(6)30(40)37-28(19(3)4)16-38(17-29(39)35-26)33(43)25-14-20(5)45-22(25)7/h9-12,14,18-19,21,26-28H,13,15-17H2,1-8H3,(H,34,41)(H,35,39)(H,36,42)(H,37,40)/t21-,26+,27+,28-/m1/s1. The third kappa shape index (κ3) is 9.82. The molecule has 0 bridgehead atoms. The van der Waals surface area contributed by atoms with Crippen molar-refractivity contribution in [2.45, 2.75) is 85.5 Å². The molecular weight excluding hydrogens is 578 g/mol. The molecule has 0 spiro atoms. The number of hydrogen-bond donors (Lipinski definition) is 4. The van der Waals surface area contributed by atoms with Crippen molar-refractivity contribution in [1.82, 2.24) is 26.2 Å². The van der Waals surface area contributed by atoms with Crippen LogP contribution >= 0.6 is 0 Å². The number of rotatable bonds is 7. The lowest BCUT2D eigenvalue weighted by atomic mass is 10.0. The summed E-state index contributed by atoms with van der Waals surface area (Å²) in [5.41, 5.74) is 1.07. The van der Waals surface area contributed by atoms with Gasteiger partial charge in [0, 0.05) is 19.0 Å². The van der Waals surface area contributed by atoms with E-state index in [4.69, 9.17) is 9.15 Å². The quantitative estimate of drug-likeness (QED) is 0.367. The normalized spacial score (nSPS) is 22.2. The molecule has 246 valence electrons. The Hall–Kier alpha value is -4.35. The molecule has 12 heteroatoms. The van der Waals surface area contributed by atoms with E-state index in [0.29, 0.717) is 29.3 Å². The molecule has 5 amide bonds. The number of nitrogens with zero attached hydrogens (tertiary/aromatic N) is 1. The van der Waals surface area contributed by atoms with Gasteiger partial charge in [0.15, 0.2) is 0 Å². The molecule has 4 N–H and O–H groups in total. The van der Waals surface area contributed by atoms with Crippen molar-refractivity contribution in [1.29, 1.82) is 0 Å². The predicted octanol–water partition coefficient (Wildman–Crippen LogP) is 2.26. The van der Waals surface area contributed by atoms with E-state index in [0.717, 1.165) is 5.56 Å². The molecule has 1 aromatic carbocycles. The van der Waals surface area contributed by atoms with Gasteiger partial charge in [0.1, 0.15) is 35.4 Å². The maximum Gasteiger partial charge on any atom is 0.257 e. The summed E-state index contributed by atoms with van der Waals surface area (Å²) in [6.45, 7) is 12.2. The number of carbonyl (C=O) groups is 5. The molecule has 1 aliphatic heterocycles. The first kappa shape index (κ1) is 35.1. The van der Waals surface area contributed by atoms with E-state index in [2.05, 4.69) is 21.3 Å². The van der Waals surface area contributed by atoms with Crippen molar-refractivity contribution in [3.63, 3.8) is 0 Å². The third-order valence-electron chi connectivity index (χ3n) is 7.79. The van der Waals surface area contributed by atoms with Crippen molar-refractivity contribution in [3.05, 3.63) is 53.0 Å². The summed E-state index contributed by atoms with van der Waals surface area (Å²) >= 11 is 0. The Kier molecular flexibility index (Phi) is 12.2. The second kappa shape index (κ2) is 15.6. The van der Waals surface area contributed by atoms with Crippen molar-refractivity contribution in [2.75, 3.05) is 20.2 Å². The van der Waals surface area contributed by atoms with Gasteiger partial charge in [-0.3, -0.25) is 24.0 Å². The number of furan rings is 1. The van der Waals surface area contributed by atoms with Crippen LogP contribution < -0.4 is 26.0 Å². The summed E-state index contributed by atoms with van der Waals surface area (Å²) in [6, 6.07) is 5.20. The molecule has 2 heterocycles. The van der Waals surface area contributed by atoms with Crippen molar-refractivity contribution < 1.29 is 33.1 Å². The van der Waals surface area contributed by atoms with Crippen molar-refractivity contribution in [2.24, 2.45) is 11.8 Å².